The number of amides is 1. The molecule has 0 spiro atoms. The molecule has 0 saturated carbocycles. The van der Waals surface area contributed by atoms with Crippen LogP contribution in [0, 0.1) is 11.3 Å². The molecule has 0 unspecified atom stereocenters. The lowest BCUT2D eigenvalue weighted by Crippen LogP contribution is -2.39. The van der Waals surface area contributed by atoms with Gasteiger partial charge in [0.2, 0.25) is 0 Å². The van der Waals surface area contributed by atoms with Crippen LogP contribution < -0.4 is 0 Å². The van der Waals surface area contributed by atoms with Crippen molar-refractivity contribution in [1.82, 2.24) is 4.90 Å². The van der Waals surface area contributed by atoms with Crippen LogP contribution in [0.5, 0.6) is 0 Å². The number of halogens is 3. The van der Waals surface area contributed by atoms with Crippen LogP contribution in [0.2, 0.25) is 0 Å². The van der Waals surface area contributed by atoms with Crippen molar-refractivity contribution in [3.05, 3.63) is 83.1 Å². The molecule has 1 amide bonds. The third kappa shape index (κ3) is 5.39. The molecular weight excluding hydrogens is 449 g/mol. The van der Waals surface area contributed by atoms with Crippen LogP contribution >= 0.6 is 0 Å². The fourth-order valence-corrected chi connectivity index (χ4v) is 3.53. The molecule has 1 aliphatic rings. The lowest BCUT2D eigenvalue weighted by Gasteiger charge is -2.33. The molecule has 32 heavy (non-hydrogen) atoms. The molecule has 1 heterocycles. The zero-order chi connectivity index (χ0) is 23.4. The highest BCUT2D eigenvalue weighted by Gasteiger charge is 2.49. The summed E-state index contributed by atoms with van der Waals surface area (Å²) in [6.45, 7) is -0.163. The Kier molecular flexibility index (Phi) is 6.74. The average Bonchev–Trinajstić information content (AvgIpc) is 2.77. The van der Waals surface area contributed by atoms with E-state index in [0.717, 1.165) is 11.6 Å². The van der Waals surface area contributed by atoms with E-state index in [0.29, 0.717) is 11.1 Å². The molecule has 168 valence electrons. The van der Waals surface area contributed by atoms with Gasteiger partial charge in [-0.2, -0.15) is 26.9 Å². The second kappa shape index (κ2) is 9.32. The summed E-state index contributed by atoms with van der Waals surface area (Å²) in [5, 5.41) is 8.96. The Labute approximate surface area is 182 Å². The molecule has 0 radical (unpaired) electrons. The van der Waals surface area contributed by atoms with E-state index in [9.17, 15) is 26.4 Å². The normalized spacial score (nSPS) is 16.6. The Morgan fingerprint density at radius 2 is 1.78 bits per heavy atom. The highest BCUT2D eigenvalue weighted by Crippen LogP contribution is 2.34. The Morgan fingerprint density at radius 1 is 1.12 bits per heavy atom. The first-order chi connectivity index (χ1) is 15.1. The molecule has 0 saturated heterocycles. The maximum atomic E-state index is 12.7. The maximum Gasteiger partial charge on any atom is 0.534 e. The number of carbonyl (C=O) groups is 1. The number of hydrogen-bond donors (Lipinski definition) is 0. The highest BCUT2D eigenvalue weighted by atomic mass is 32.2. The second-order valence-electron chi connectivity index (χ2n) is 6.78. The minimum Gasteiger partial charge on any atom is -0.445 e. The Bertz CT molecular complexity index is 1140. The summed E-state index contributed by atoms with van der Waals surface area (Å²) in [5.41, 5.74) is -4.07. The number of rotatable bonds is 5. The first kappa shape index (κ1) is 23.1. The van der Waals surface area contributed by atoms with Gasteiger partial charge < -0.3 is 8.92 Å². The van der Waals surface area contributed by atoms with Crippen molar-refractivity contribution < 1.29 is 35.3 Å². The van der Waals surface area contributed by atoms with E-state index in [1.165, 1.54) is 29.2 Å². The molecule has 1 atom stereocenters. The van der Waals surface area contributed by atoms with Gasteiger partial charge in [-0.1, -0.05) is 42.5 Å². The molecule has 0 aromatic heterocycles. The number of ether oxygens (including phenoxy) is 1. The van der Waals surface area contributed by atoms with Crippen molar-refractivity contribution >= 4 is 16.2 Å². The molecule has 2 aromatic carbocycles. The van der Waals surface area contributed by atoms with Gasteiger partial charge in [-0.15, -0.1) is 0 Å². The maximum absolute atomic E-state index is 12.7. The number of nitrogens with zero attached hydrogens (tertiary/aromatic N) is 2. The standard InChI is InChI=1S/C21H17F3N2O5S/c22-21(23,24)32(28,29)31-18-10-11-26(20(27)30-14-16-4-2-1-3-5-16)19(12-18)17-8-6-15(13-25)7-9-17/h1-9,12,19H,10-11,14H2/t19-/m0/s1. The lowest BCUT2D eigenvalue weighted by atomic mass is 9.99. The Morgan fingerprint density at radius 3 is 2.38 bits per heavy atom. The van der Waals surface area contributed by atoms with E-state index in [1.807, 2.05) is 6.07 Å². The minimum atomic E-state index is -5.84. The van der Waals surface area contributed by atoms with Crippen LogP contribution in [0.25, 0.3) is 0 Å². The summed E-state index contributed by atoms with van der Waals surface area (Å²) in [5.74, 6) is -0.441. The number of nitriles is 1. The highest BCUT2D eigenvalue weighted by molar-refractivity contribution is 7.87. The fourth-order valence-electron chi connectivity index (χ4n) is 3.01. The summed E-state index contributed by atoms with van der Waals surface area (Å²) in [6, 6.07) is 15.8. The van der Waals surface area contributed by atoms with Gasteiger partial charge in [0.25, 0.3) is 0 Å². The molecule has 0 N–H and O–H groups in total. The average molecular weight is 466 g/mol. The molecule has 0 aliphatic carbocycles. The van der Waals surface area contributed by atoms with Crippen LogP contribution in [-0.2, 0) is 25.6 Å². The van der Waals surface area contributed by atoms with Gasteiger partial charge >= 0.3 is 21.7 Å². The summed E-state index contributed by atoms with van der Waals surface area (Å²) in [6.07, 6.45) is 0.123. The Balaban J connectivity index is 1.86. The molecule has 2 aromatic rings. The van der Waals surface area contributed by atoms with Crippen LogP contribution in [0.4, 0.5) is 18.0 Å². The van der Waals surface area contributed by atoms with Crippen molar-refractivity contribution in [1.29, 1.82) is 5.26 Å². The van der Waals surface area contributed by atoms with Gasteiger partial charge in [-0.05, 0) is 29.3 Å². The number of benzene rings is 2. The molecular formula is C21H17F3N2O5S. The van der Waals surface area contributed by atoms with E-state index >= 15 is 0 Å². The fraction of sp³-hybridized carbons (Fsp3) is 0.238. The molecule has 7 nitrogen and oxygen atoms in total. The van der Waals surface area contributed by atoms with Gasteiger partial charge in [0.05, 0.1) is 17.7 Å². The third-order valence-electron chi connectivity index (χ3n) is 4.60. The summed E-state index contributed by atoms with van der Waals surface area (Å²) in [4.78, 5) is 14.0. The van der Waals surface area contributed by atoms with E-state index in [-0.39, 0.29) is 19.6 Å². The van der Waals surface area contributed by atoms with E-state index < -0.39 is 33.5 Å². The summed E-state index contributed by atoms with van der Waals surface area (Å²) < 4.78 is 70.5. The third-order valence-corrected chi connectivity index (χ3v) is 5.60. The first-order valence-electron chi connectivity index (χ1n) is 9.29. The predicted octanol–water partition coefficient (Wildman–Crippen LogP) is 4.39. The van der Waals surface area contributed by atoms with Crippen molar-refractivity contribution in [2.75, 3.05) is 6.54 Å². The smallest absolute Gasteiger partial charge is 0.445 e. The largest absolute Gasteiger partial charge is 0.534 e. The van der Waals surface area contributed by atoms with Crippen LogP contribution in [0.3, 0.4) is 0 Å². The SMILES string of the molecule is N#Cc1ccc([C@@H]2C=C(OS(=O)(=O)C(F)(F)F)CCN2C(=O)OCc2ccccc2)cc1. The van der Waals surface area contributed by atoms with Crippen molar-refractivity contribution in [3.8, 4) is 6.07 Å². The Hall–Kier alpha value is -3.52. The number of hydrogen-bond acceptors (Lipinski definition) is 6. The molecule has 0 fully saturated rings. The van der Waals surface area contributed by atoms with Crippen LogP contribution in [0.15, 0.2) is 66.4 Å². The molecule has 11 heteroatoms. The summed E-state index contributed by atoms with van der Waals surface area (Å²) in [7, 11) is -5.84. The van der Waals surface area contributed by atoms with Gasteiger partial charge in [-0.3, -0.25) is 4.90 Å². The van der Waals surface area contributed by atoms with Crippen molar-refractivity contribution in [3.63, 3.8) is 0 Å². The minimum absolute atomic E-state index is 0.0220. The number of carbonyl (C=O) groups excluding carboxylic acids is 1. The van der Waals surface area contributed by atoms with Gasteiger partial charge in [0.15, 0.2) is 0 Å². The summed E-state index contributed by atoms with van der Waals surface area (Å²) >= 11 is 0. The van der Waals surface area contributed by atoms with Crippen molar-refractivity contribution in [2.24, 2.45) is 0 Å². The lowest BCUT2D eigenvalue weighted by molar-refractivity contribution is -0.0526. The van der Waals surface area contributed by atoms with E-state index in [4.69, 9.17) is 10.00 Å². The topological polar surface area (TPSA) is 96.7 Å². The van der Waals surface area contributed by atoms with Crippen LogP contribution in [-0.4, -0.2) is 31.5 Å². The van der Waals surface area contributed by atoms with Crippen LogP contribution in [0.1, 0.15) is 29.2 Å². The van der Waals surface area contributed by atoms with Gasteiger partial charge in [0, 0.05) is 13.0 Å². The van der Waals surface area contributed by atoms with Gasteiger partial charge in [0.1, 0.15) is 12.4 Å². The van der Waals surface area contributed by atoms with E-state index in [2.05, 4.69) is 4.18 Å². The molecule has 1 aliphatic heterocycles. The number of alkyl halides is 3. The zero-order valence-corrected chi connectivity index (χ0v) is 17.3. The molecule has 3 rings (SSSR count). The predicted molar refractivity (Wildman–Crippen MR) is 106 cm³/mol. The first-order valence-corrected chi connectivity index (χ1v) is 10.7. The second-order valence-corrected chi connectivity index (χ2v) is 8.32. The zero-order valence-electron chi connectivity index (χ0n) is 16.4. The van der Waals surface area contributed by atoms with Crippen molar-refractivity contribution in [2.45, 2.75) is 24.6 Å². The monoisotopic (exact) mass is 466 g/mol. The van der Waals surface area contributed by atoms with E-state index in [1.54, 1.807) is 30.3 Å². The van der Waals surface area contributed by atoms with Gasteiger partial charge in [-0.25, -0.2) is 4.79 Å². The quantitative estimate of drug-likeness (QED) is 0.479. The molecule has 0 bridgehead atoms.